The smallest absolute Gasteiger partial charge is 0.342 e. The summed E-state index contributed by atoms with van der Waals surface area (Å²) in [6, 6.07) is 8.76. The van der Waals surface area contributed by atoms with Gasteiger partial charge in [0.25, 0.3) is 0 Å². The molecular formula is C23H24F4N4O. The Morgan fingerprint density at radius 1 is 1.22 bits per heavy atom. The van der Waals surface area contributed by atoms with E-state index >= 15 is 0 Å². The molecule has 4 rings (SSSR count). The summed E-state index contributed by atoms with van der Waals surface area (Å²) < 4.78 is 55.7. The van der Waals surface area contributed by atoms with Crippen molar-refractivity contribution in [1.82, 2.24) is 19.5 Å². The number of fused-ring (bicyclic) bond motifs is 1. The summed E-state index contributed by atoms with van der Waals surface area (Å²) >= 11 is 0. The van der Waals surface area contributed by atoms with E-state index in [1.54, 1.807) is 43.0 Å². The van der Waals surface area contributed by atoms with Crippen molar-refractivity contribution in [2.24, 2.45) is 0 Å². The van der Waals surface area contributed by atoms with Crippen LogP contribution in [0.1, 0.15) is 61.2 Å². The van der Waals surface area contributed by atoms with E-state index in [0.717, 1.165) is 10.6 Å². The van der Waals surface area contributed by atoms with Gasteiger partial charge in [-0.2, -0.15) is 18.3 Å². The first-order valence-electron chi connectivity index (χ1n) is 10.6. The number of likely N-dealkylation sites (tertiary alicyclic amines) is 1. The summed E-state index contributed by atoms with van der Waals surface area (Å²) in [5.74, 6) is -1.01. The summed E-state index contributed by atoms with van der Waals surface area (Å²) in [7, 11) is 0. The third-order valence-electron chi connectivity index (χ3n) is 5.84. The van der Waals surface area contributed by atoms with Crippen LogP contribution in [0.4, 0.5) is 17.6 Å². The Balaban J connectivity index is 1.60. The molecule has 0 radical (unpaired) electrons. The first kappa shape index (κ1) is 22.2. The third kappa shape index (κ3) is 4.47. The zero-order valence-corrected chi connectivity index (χ0v) is 17.9. The van der Waals surface area contributed by atoms with E-state index in [0.29, 0.717) is 42.9 Å². The van der Waals surface area contributed by atoms with E-state index in [9.17, 15) is 22.4 Å². The molecule has 0 N–H and O–H groups in total. The van der Waals surface area contributed by atoms with Crippen molar-refractivity contribution >= 4 is 11.6 Å². The van der Waals surface area contributed by atoms with E-state index in [4.69, 9.17) is 0 Å². The second-order valence-electron chi connectivity index (χ2n) is 8.51. The van der Waals surface area contributed by atoms with Crippen LogP contribution in [0.15, 0.2) is 36.4 Å². The average molecular weight is 448 g/mol. The number of rotatable bonds is 4. The van der Waals surface area contributed by atoms with E-state index in [-0.39, 0.29) is 29.8 Å². The number of carbonyl (C=O) groups is 1. The maximum atomic E-state index is 13.9. The molecule has 0 spiro atoms. The molecule has 1 aliphatic rings. The van der Waals surface area contributed by atoms with Crippen LogP contribution >= 0.6 is 0 Å². The van der Waals surface area contributed by atoms with Gasteiger partial charge in [0.15, 0.2) is 5.65 Å². The summed E-state index contributed by atoms with van der Waals surface area (Å²) in [6.07, 6.45) is -3.23. The molecule has 32 heavy (non-hydrogen) atoms. The zero-order chi connectivity index (χ0) is 23.0. The number of benzene rings is 1. The van der Waals surface area contributed by atoms with Crippen molar-refractivity contribution in [2.75, 3.05) is 13.1 Å². The zero-order valence-electron chi connectivity index (χ0n) is 17.9. The molecule has 9 heteroatoms. The molecule has 0 aliphatic carbocycles. The lowest BCUT2D eigenvalue weighted by Gasteiger charge is -2.32. The standard InChI is InChI=1S/C23H24F4N4O/c1-14(2)18-11-20(23(25,26)27)31-21(28-18)12-19(29-31)16-7-5-9-30(13-16)22(32)10-15-6-3-4-8-17(15)24/h3-4,6,8,11-12,14,16H,5,7,9-10,13H2,1-2H3. The maximum absolute atomic E-state index is 13.9. The van der Waals surface area contributed by atoms with Gasteiger partial charge in [-0.1, -0.05) is 32.0 Å². The van der Waals surface area contributed by atoms with Crippen molar-refractivity contribution in [2.45, 2.75) is 51.1 Å². The Hall–Kier alpha value is -2.97. The van der Waals surface area contributed by atoms with E-state index in [1.165, 1.54) is 6.07 Å². The first-order valence-corrected chi connectivity index (χ1v) is 10.6. The van der Waals surface area contributed by atoms with Gasteiger partial charge in [0, 0.05) is 30.8 Å². The third-order valence-corrected chi connectivity index (χ3v) is 5.84. The van der Waals surface area contributed by atoms with Crippen molar-refractivity contribution in [1.29, 1.82) is 0 Å². The molecule has 0 bridgehead atoms. The van der Waals surface area contributed by atoms with Gasteiger partial charge in [-0.3, -0.25) is 4.79 Å². The molecule has 170 valence electrons. The van der Waals surface area contributed by atoms with Gasteiger partial charge < -0.3 is 4.90 Å². The largest absolute Gasteiger partial charge is 0.433 e. The van der Waals surface area contributed by atoms with E-state index in [2.05, 4.69) is 10.1 Å². The highest BCUT2D eigenvalue weighted by Crippen LogP contribution is 2.33. The quantitative estimate of drug-likeness (QED) is 0.530. The number of hydrogen-bond acceptors (Lipinski definition) is 3. The number of hydrogen-bond donors (Lipinski definition) is 0. The summed E-state index contributed by atoms with van der Waals surface area (Å²) in [4.78, 5) is 18.7. The highest BCUT2D eigenvalue weighted by atomic mass is 19.4. The van der Waals surface area contributed by atoms with Gasteiger partial charge in [0.2, 0.25) is 5.91 Å². The second-order valence-corrected chi connectivity index (χ2v) is 8.51. The van der Waals surface area contributed by atoms with Gasteiger partial charge >= 0.3 is 6.18 Å². The Morgan fingerprint density at radius 3 is 2.66 bits per heavy atom. The molecule has 1 aromatic carbocycles. The van der Waals surface area contributed by atoms with Crippen LogP contribution in [0.2, 0.25) is 0 Å². The monoisotopic (exact) mass is 448 g/mol. The number of aromatic nitrogens is 3. The molecule has 5 nitrogen and oxygen atoms in total. The van der Waals surface area contributed by atoms with Crippen LogP contribution in [0.25, 0.3) is 5.65 Å². The molecular weight excluding hydrogens is 424 g/mol. The molecule has 2 aromatic heterocycles. The molecule has 1 amide bonds. The van der Waals surface area contributed by atoms with Gasteiger partial charge in [-0.25, -0.2) is 13.9 Å². The number of nitrogens with zero attached hydrogens (tertiary/aromatic N) is 4. The maximum Gasteiger partial charge on any atom is 0.433 e. The normalized spacial score (nSPS) is 17.3. The minimum Gasteiger partial charge on any atom is -0.342 e. The lowest BCUT2D eigenvalue weighted by molar-refractivity contribution is -0.142. The molecule has 3 heterocycles. The lowest BCUT2D eigenvalue weighted by Crippen LogP contribution is -2.40. The van der Waals surface area contributed by atoms with Crippen LogP contribution in [-0.2, 0) is 17.4 Å². The number of alkyl halides is 3. The van der Waals surface area contributed by atoms with Gasteiger partial charge in [-0.15, -0.1) is 0 Å². The van der Waals surface area contributed by atoms with E-state index < -0.39 is 17.7 Å². The molecule has 3 aromatic rings. The van der Waals surface area contributed by atoms with Gasteiger partial charge in [0.05, 0.1) is 12.1 Å². The number of amides is 1. The number of halogens is 4. The highest BCUT2D eigenvalue weighted by molar-refractivity contribution is 5.79. The number of carbonyl (C=O) groups excluding carboxylic acids is 1. The topological polar surface area (TPSA) is 50.5 Å². The fourth-order valence-electron chi connectivity index (χ4n) is 4.07. The Labute approximate surface area is 183 Å². The van der Waals surface area contributed by atoms with Crippen LogP contribution < -0.4 is 0 Å². The molecule has 1 aliphatic heterocycles. The van der Waals surface area contributed by atoms with Crippen molar-refractivity contribution in [3.8, 4) is 0 Å². The summed E-state index contributed by atoms with van der Waals surface area (Å²) in [5.41, 5.74) is 0.440. The molecule has 1 atom stereocenters. The fourth-order valence-corrected chi connectivity index (χ4v) is 4.07. The van der Waals surface area contributed by atoms with Crippen LogP contribution in [-0.4, -0.2) is 38.5 Å². The average Bonchev–Trinajstić information content (AvgIpc) is 3.18. The first-order chi connectivity index (χ1) is 15.1. The Bertz CT molecular complexity index is 1140. The Morgan fingerprint density at radius 2 is 1.97 bits per heavy atom. The second kappa shape index (κ2) is 8.52. The van der Waals surface area contributed by atoms with Gasteiger partial charge in [0.1, 0.15) is 11.5 Å². The van der Waals surface area contributed by atoms with Crippen LogP contribution in [0.3, 0.4) is 0 Å². The molecule has 0 saturated carbocycles. The minimum atomic E-state index is -4.57. The lowest BCUT2D eigenvalue weighted by atomic mass is 9.94. The summed E-state index contributed by atoms with van der Waals surface area (Å²) in [6.45, 7) is 4.43. The predicted molar refractivity (Wildman–Crippen MR) is 111 cm³/mol. The van der Waals surface area contributed by atoms with Crippen molar-refractivity contribution < 1.29 is 22.4 Å². The van der Waals surface area contributed by atoms with Crippen LogP contribution in [0, 0.1) is 5.82 Å². The predicted octanol–water partition coefficient (Wildman–Crippen LogP) is 4.96. The Kier molecular flexibility index (Phi) is 5.92. The molecule has 1 unspecified atom stereocenters. The molecule has 1 fully saturated rings. The van der Waals surface area contributed by atoms with Crippen LogP contribution in [0.5, 0.6) is 0 Å². The minimum absolute atomic E-state index is 0.0535. The summed E-state index contributed by atoms with van der Waals surface area (Å²) in [5, 5.41) is 4.23. The van der Waals surface area contributed by atoms with E-state index in [1.807, 2.05) is 0 Å². The molecule has 1 saturated heterocycles. The highest BCUT2D eigenvalue weighted by Gasteiger charge is 2.36. The van der Waals surface area contributed by atoms with Crippen molar-refractivity contribution in [3.63, 3.8) is 0 Å². The SMILES string of the molecule is CC(C)c1cc(C(F)(F)F)n2nc(C3CCCN(C(=O)Cc4ccccc4F)C3)cc2n1. The van der Waals surface area contributed by atoms with Gasteiger partial charge in [-0.05, 0) is 36.5 Å². The number of piperidine rings is 1. The van der Waals surface area contributed by atoms with Crippen molar-refractivity contribution in [3.05, 3.63) is 64.9 Å². The fraction of sp³-hybridized carbons (Fsp3) is 0.435.